The highest BCUT2D eigenvalue weighted by Crippen LogP contribution is 2.27. The van der Waals surface area contributed by atoms with Gasteiger partial charge >= 0.3 is 0 Å². The van der Waals surface area contributed by atoms with Crippen molar-refractivity contribution in [2.75, 3.05) is 27.4 Å². The molecule has 4 heteroatoms. The van der Waals surface area contributed by atoms with Crippen molar-refractivity contribution < 1.29 is 9.47 Å². The second-order valence-electron chi connectivity index (χ2n) is 3.80. The molecule has 1 atom stereocenters. The summed E-state index contributed by atoms with van der Waals surface area (Å²) in [4.78, 5) is 0. The smallest absolute Gasteiger partial charge is 0.119 e. The molecular weight excluding hydrogens is 282 g/mol. The maximum absolute atomic E-state index is 5.59. The predicted octanol–water partition coefficient (Wildman–Crippen LogP) is 3.14. The number of hydrogen-bond donors (Lipinski definition) is 1. The lowest BCUT2D eigenvalue weighted by Crippen LogP contribution is -2.22. The highest BCUT2D eigenvalue weighted by atomic mass is 79.9. The third-order valence-corrected chi connectivity index (χ3v) is 3.28. The first-order chi connectivity index (χ1) is 8.22. The summed E-state index contributed by atoms with van der Waals surface area (Å²) < 4.78 is 11.9. The van der Waals surface area contributed by atoms with E-state index < -0.39 is 0 Å². The first kappa shape index (κ1) is 14.5. The average molecular weight is 302 g/mol. The zero-order chi connectivity index (χ0) is 12.7. The Bertz CT molecular complexity index is 344. The molecule has 0 aliphatic heterocycles. The van der Waals surface area contributed by atoms with Crippen LogP contribution in [-0.4, -0.2) is 27.4 Å². The van der Waals surface area contributed by atoms with Crippen LogP contribution in [-0.2, 0) is 4.74 Å². The van der Waals surface area contributed by atoms with E-state index in [0.29, 0.717) is 6.61 Å². The molecule has 0 aromatic heterocycles. The minimum absolute atomic E-state index is 0.172. The number of benzene rings is 1. The topological polar surface area (TPSA) is 30.5 Å². The van der Waals surface area contributed by atoms with Gasteiger partial charge in [-0.15, -0.1) is 0 Å². The molecule has 17 heavy (non-hydrogen) atoms. The molecule has 3 nitrogen and oxygen atoms in total. The first-order valence-electron chi connectivity index (χ1n) is 5.81. The molecule has 0 spiro atoms. The van der Waals surface area contributed by atoms with Gasteiger partial charge in [0.05, 0.1) is 19.8 Å². The second-order valence-corrected chi connectivity index (χ2v) is 4.66. The standard InChI is InChI=1S/C13H20BrNO2/c1-4-7-17-9-13(15-2)11-8-10(16-3)5-6-12(11)14/h5-6,8,13,15H,4,7,9H2,1-3H3. The van der Waals surface area contributed by atoms with Crippen LogP contribution in [0.5, 0.6) is 5.75 Å². The van der Waals surface area contributed by atoms with Crippen LogP contribution < -0.4 is 10.1 Å². The normalized spacial score (nSPS) is 12.5. The van der Waals surface area contributed by atoms with Gasteiger partial charge in [0, 0.05) is 11.1 Å². The van der Waals surface area contributed by atoms with E-state index in [1.807, 2.05) is 25.2 Å². The van der Waals surface area contributed by atoms with Gasteiger partial charge in [0.1, 0.15) is 5.75 Å². The average Bonchev–Trinajstić information content (AvgIpc) is 2.36. The third-order valence-electron chi connectivity index (χ3n) is 2.56. The summed E-state index contributed by atoms with van der Waals surface area (Å²) in [5.41, 5.74) is 1.16. The number of methoxy groups -OCH3 is 1. The summed E-state index contributed by atoms with van der Waals surface area (Å²) in [5.74, 6) is 0.860. The van der Waals surface area contributed by atoms with E-state index >= 15 is 0 Å². The molecule has 0 fully saturated rings. The molecule has 0 radical (unpaired) electrons. The highest BCUT2D eigenvalue weighted by Gasteiger charge is 2.13. The van der Waals surface area contributed by atoms with Gasteiger partial charge in [0.25, 0.3) is 0 Å². The number of ether oxygens (including phenoxy) is 2. The van der Waals surface area contributed by atoms with E-state index in [1.165, 1.54) is 0 Å². The van der Waals surface area contributed by atoms with E-state index in [4.69, 9.17) is 9.47 Å². The first-order valence-corrected chi connectivity index (χ1v) is 6.60. The second kappa shape index (κ2) is 7.69. The molecule has 1 aromatic rings. The Morgan fingerprint density at radius 1 is 1.41 bits per heavy atom. The molecule has 0 aliphatic rings. The fourth-order valence-electron chi connectivity index (χ4n) is 1.59. The Labute approximate surface area is 112 Å². The van der Waals surface area contributed by atoms with Crippen LogP contribution in [0.4, 0.5) is 0 Å². The summed E-state index contributed by atoms with van der Waals surface area (Å²) >= 11 is 3.56. The quantitative estimate of drug-likeness (QED) is 0.785. The van der Waals surface area contributed by atoms with E-state index in [-0.39, 0.29) is 6.04 Å². The minimum Gasteiger partial charge on any atom is -0.497 e. The SMILES string of the molecule is CCCOCC(NC)c1cc(OC)ccc1Br. The largest absolute Gasteiger partial charge is 0.497 e. The maximum Gasteiger partial charge on any atom is 0.119 e. The van der Waals surface area contributed by atoms with Gasteiger partial charge in [-0.2, -0.15) is 0 Å². The summed E-state index contributed by atoms with van der Waals surface area (Å²) in [6.07, 6.45) is 1.04. The number of likely N-dealkylation sites (N-methyl/N-ethyl adjacent to an activating group) is 1. The van der Waals surface area contributed by atoms with E-state index in [2.05, 4.69) is 28.2 Å². The maximum atomic E-state index is 5.59. The number of nitrogens with one attached hydrogen (secondary N) is 1. The molecule has 0 amide bonds. The van der Waals surface area contributed by atoms with Crippen molar-refractivity contribution in [2.24, 2.45) is 0 Å². The van der Waals surface area contributed by atoms with Crippen molar-refractivity contribution >= 4 is 15.9 Å². The van der Waals surface area contributed by atoms with Gasteiger partial charge in [0.2, 0.25) is 0 Å². The van der Waals surface area contributed by atoms with Crippen molar-refractivity contribution in [1.82, 2.24) is 5.32 Å². The Balaban J connectivity index is 2.78. The molecule has 1 N–H and O–H groups in total. The van der Waals surface area contributed by atoms with Crippen molar-refractivity contribution in [2.45, 2.75) is 19.4 Å². The zero-order valence-electron chi connectivity index (χ0n) is 10.6. The van der Waals surface area contributed by atoms with Crippen LogP contribution in [0.25, 0.3) is 0 Å². The monoisotopic (exact) mass is 301 g/mol. The number of hydrogen-bond acceptors (Lipinski definition) is 3. The zero-order valence-corrected chi connectivity index (χ0v) is 12.2. The van der Waals surface area contributed by atoms with Crippen molar-refractivity contribution in [3.05, 3.63) is 28.2 Å². The van der Waals surface area contributed by atoms with Gasteiger partial charge in [0.15, 0.2) is 0 Å². The predicted molar refractivity (Wildman–Crippen MR) is 73.6 cm³/mol. The molecule has 0 saturated carbocycles. The van der Waals surface area contributed by atoms with Crippen LogP contribution in [0.1, 0.15) is 24.9 Å². The van der Waals surface area contributed by atoms with E-state index in [9.17, 15) is 0 Å². The Kier molecular flexibility index (Phi) is 6.55. The fourth-order valence-corrected chi connectivity index (χ4v) is 2.11. The lowest BCUT2D eigenvalue weighted by Gasteiger charge is -2.19. The van der Waals surface area contributed by atoms with Gasteiger partial charge < -0.3 is 14.8 Å². The molecule has 0 bridgehead atoms. The van der Waals surface area contributed by atoms with E-state index in [0.717, 1.165) is 28.8 Å². The number of halogens is 1. The van der Waals surface area contributed by atoms with Crippen molar-refractivity contribution in [3.63, 3.8) is 0 Å². The lowest BCUT2D eigenvalue weighted by atomic mass is 10.1. The van der Waals surface area contributed by atoms with Crippen LogP contribution in [0.15, 0.2) is 22.7 Å². The fraction of sp³-hybridized carbons (Fsp3) is 0.538. The molecule has 0 saturated heterocycles. The summed E-state index contributed by atoms with van der Waals surface area (Å²) in [6.45, 7) is 3.56. The lowest BCUT2D eigenvalue weighted by molar-refractivity contribution is 0.114. The van der Waals surface area contributed by atoms with Gasteiger partial charge in [-0.1, -0.05) is 22.9 Å². The van der Waals surface area contributed by atoms with E-state index in [1.54, 1.807) is 7.11 Å². The van der Waals surface area contributed by atoms with Crippen LogP contribution in [0.3, 0.4) is 0 Å². The van der Waals surface area contributed by atoms with Gasteiger partial charge in [-0.3, -0.25) is 0 Å². The van der Waals surface area contributed by atoms with Crippen molar-refractivity contribution in [1.29, 1.82) is 0 Å². The van der Waals surface area contributed by atoms with Gasteiger partial charge in [-0.25, -0.2) is 0 Å². The van der Waals surface area contributed by atoms with Crippen LogP contribution in [0, 0.1) is 0 Å². The number of rotatable bonds is 7. The molecule has 1 aromatic carbocycles. The molecule has 0 heterocycles. The summed E-state index contributed by atoms with van der Waals surface area (Å²) in [5, 5.41) is 3.26. The Hall–Kier alpha value is -0.580. The third kappa shape index (κ3) is 4.30. The molecular formula is C13H20BrNO2. The van der Waals surface area contributed by atoms with Crippen LogP contribution >= 0.6 is 15.9 Å². The van der Waals surface area contributed by atoms with Gasteiger partial charge in [-0.05, 0) is 37.2 Å². The summed E-state index contributed by atoms with van der Waals surface area (Å²) in [7, 11) is 3.61. The van der Waals surface area contributed by atoms with Crippen LogP contribution in [0.2, 0.25) is 0 Å². The molecule has 1 unspecified atom stereocenters. The Morgan fingerprint density at radius 3 is 2.76 bits per heavy atom. The summed E-state index contributed by atoms with van der Waals surface area (Å²) in [6, 6.07) is 6.14. The minimum atomic E-state index is 0.172. The van der Waals surface area contributed by atoms with Crippen molar-refractivity contribution in [3.8, 4) is 5.75 Å². The molecule has 96 valence electrons. The molecule has 0 aliphatic carbocycles. The molecule has 1 rings (SSSR count). The highest BCUT2D eigenvalue weighted by molar-refractivity contribution is 9.10. The Morgan fingerprint density at radius 2 is 2.18 bits per heavy atom.